The van der Waals surface area contributed by atoms with Crippen molar-refractivity contribution >= 4 is 22.4 Å². The molecule has 4 aromatic rings. The lowest BCUT2D eigenvalue weighted by Crippen LogP contribution is -2.24. The van der Waals surface area contributed by atoms with Gasteiger partial charge in [-0.05, 0) is 29.2 Å². The summed E-state index contributed by atoms with van der Waals surface area (Å²) in [5.74, 6) is -0.0800. The van der Waals surface area contributed by atoms with Crippen molar-refractivity contribution in [1.82, 2.24) is 24.8 Å². The van der Waals surface area contributed by atoms with Crippen molar-refractivity contribution in [2.45, 2.75) is 19.5 Å². The van der Waals surface area contributed by atoms with E-state index in [1.807, 2.05) is 36.1 Å². The molecule has 31 heavy (non-hydrogen) atoms. The van der Waals surface area contributed by atoms with E-state index >= 15 is 0 Å². The number of hydrogen-bond acceptors (Lipinski definition) is 6. The maximum atomic E-state index is 12.4. The van der Waals surface area contributed by atoms with E-state index in [1.54, 1.807) is 24.9 Å². The van der Waals surface area contributed by atoms with Gasteiger partial charge < -0.3 is 14.8 Å². The molecule has 0 radical (unpaired) electrons. The van der Waals surface area contributed by atoms with Crippen LogP contribution in [0.1, 0.15) is 21.7 Å². The second-order valence-corrected chi connectivity index (χ2v) is 8.22. The molecule has 0 saturated carbocycles. The van der Waals surface area contributed by atoms with Crippen LogP contribution in [0.25, 0.3) is 11.1 Å². The van der Waals surface area contributed by atoms with Crippen molar-refractivity contribution in [1.29, 1.82) is 0 Å². The number of benzene rings is 1. The fraction of sp³-hybridized carbons (Fsp3) is 0.217. The zero-order valence-electron chi connectivity index (χ0n) is 17.3. The molecule has 3 heterocycles. The van der Waals surface area contributed by atoms with Gasteiger partial charge in [0.2, 0.25) is 0 Å². The normalized spacial score (nSPS) is 10.7. The van der Waals surface area contributed by atoms with Gasteiger partial charge in [0.1, 0.15) is 4.88 Å². The number of nitrogens with one attached hydrogen (secondary N) is 1. The average molecular weight is 433 g/mol. The summed E-state index contributed by atoms with van der Waals surface area (Å²) in [5.41, 5.74) is 3.42. The monoisotopic (exact) mass is 432 g/mol. The second-order valence-electron chi connectivity index (χ2n) is 7.21. The van der Waals surface area contributed by atoms with Crippen molar-refractivity contribution in [3.8, 4) is 11.1 Å². The lowest BCUT2D eigenvalue weighted by molar-refractivity contribution is 0.0956. The Morgan fingerprint density at radius 3 is 2.71 bits per heavy atom. The summed E-state index contributed by atoms with van der Waals surface area (Å²) in [6.07, 6.45) is 11.6. The molecule has 0 unspecified atom stereocenters. The van der Waals surface area contributed by atoms with E-state index in [2.05, 4.69) is 49.4 Å². The van der Waals surface area contributed by atoms with Gasteiger partial charge in [0.25, 0.3) is 5.91 Å². The van der Waals surface area contributed by atoms with Crippen LogP contribution in [0.15, 0.2) is 73.7 Å². The summed E-state index contributed by atoms with van der Waals surface area (Å²) in [4.78, 5) is 27.7. The van der Waals surface area contributed by atoms with E-state index in [1.165, 1.54) is 16.9 Å². The zero-order chi connectivity index (χ0) is 21.5. The minimum atomic E-state index is -0.0800. The molecule has 0 bridgehead atoms. The largest absolute Gasteiger partial charge is 0.351 e. The number of carbonyl (C=O) groups is 1. The summed E-state index contributed by atoms with van der Waals surface area (Å²) in [6.45, 7) is 2.16. The maximum absolute atomic E-state index is 12.4. The quantitative estimate of drug-likeness (QED) is 0.407. The average Bonchev–Trinajstić information content (AvgIpc) is 3.50. The van der Waals surface area contributed by atoms with Gasteiger partial charge in [0.15, 0.2) is 5.13 Å². The van der Waals surface area contributed by atoms with Gasteiger partial charge in [-0.3, -0.25) is 9.78 Å². The van der Waals surface area contributed by atoms with Crippen LogP contribution in [0, 0.1) is 0 Å². The first-order valence-corrected chi connectivity index (χ1v) is 10.9. The molecule has 0 fully saturated rings. The lowest BCUT2D eigenvalue weighted by Gasteiger charge is -2.16. The first kappa shape index (κ1) is 20.7. The van der Waals surface area contributed by atoms with Crippen LogP contribution in [-0.2, 0) is 13.1 Å². The van der Waals surface area contributed by atoms with E-state index in [9.17, 15) is 4.79 Å². The number of anilines is 1. The minimum absolute atomic E-state index is 0.0800. The molecule has 0 spiro atoms. The van der Waals surface area contributed by atoms with Crippen LogP contribution in [0.4, 0.5) is 5.13 Å². The van der Waals surface area contributed by atoms with Crippen LogP contribution < -0.4 is 10.2 Å². The van der Waals surface area contributed by atoms with Crippen LogP contribution in [0.3, 0.4) is 0 Å². The molecule has 0 saturated heterocycles. The number of thiazole rings is 1. The third-order valence-electron chi connectivity index (χ3n) is 4.85. The Morgan fingerprint density at radius 2 is 1.97 bits per heavy atom. The Balaban J connectivity index is 1.28. The topological polar surface area (TPSA) is 75.9 Å². The molecule has 8 heteroatoms. The number of hydrogen-bond donors (Lipinski definition) is 1. The van der Waals surface area contributed by atoms with E-state index in [0.717, 1.165) is 29.2 Å². The van der Waals surface area contributed by atoms with Gasteiger partial charge in [-0.1, -0.05) is 41.7 Å². The number of amides is 1. The third-order valence-corrected chi connectivity index (χ3v) is 5.96. The number of rotatable bonds is 9. The number of pyridine rings is 1. The van der Waals surface area contributed by atoms with E-state index in [0.29, 0.717) is 18.0 Å². The molecule has 4 rings (SSSR count). The van der Waals surface area contributed by atoms with Gasteiger partial charge in [-0.25, -0.2) is 9.97 Å². The van der Waals surface area contributed by atoms with Crippen molar-refractivity contribution in [3.05, 3.63) is 84.2 Å². The third kappa shape index (κ3) is 5.55. The number of carbonyl (C=O) groups excluding carboxylic acids is 1. The van der Waals surface area contributed by atoms with Gasteiger partial charge in [-0.2, -0.15) is 0 Å². The zero-order valence-corrected chi connectivity index (χ0v) is 18.1. The Morgan fingerprint density at radius 1 is 1.10 bits per heavy atom. The molecule has 158 valence electrons. The number of aryl methyl sites for hydroxylation is 1. The number of nitrogens with zero attached hydrogens (tertiary/aromatic N) is 5. The first-order valence-electron chi connectivity index (χ1n) is 10.1. The molecule has 1 amide bonds. The van der Waals surface area contributed by atoms with E-state index < -0.39 is 0 Å². The Hall–Kier alpha value is -3.52. The highest BCUT2D eigenvalue weighted by molar-refractivity contribution is 7.17. The fourth-order valence-electron chi connectivity index (χ4n) is 3.19. The summed E-state index contributed by atoms with van der Waals surface area (Å²) in [5, 5.41) is 3.78. The summed E-state index contributed by atoms with van der Waals surface area (Å²) in [6, 6.07) is 12.4. The van der Waals surface area contributed by atoms with Crippen molar-refractivity contribution < 1.29 is 4.79 Å². The van der Waals surface area contributed by atoms with Gasteiger partial charge in [0, 0.05) is 51.5 Å². The number of imidazole rings is 1. The first-order chi connectivity index (χ1) is 15.2. The van der Waals surface area contributed by atoms with Gasteiger partial charge in [-0.15, -0.1) is 0 Å². The van der Waals surface area contributed by atoms with Crippen molar-refractivity contribution in [2.75, 3.05) is 18.5 Å². The Bertz CT molecular complexity index is 1090. The molecule has 0 aliphatic rings. The van der Waals surface area contributed by atoms with Crippen molar-refractivity contribution in [3.63, 3.8) is 0 Å². The molecule has 3 aromatic heterocycles. The smallest absolute Gasteiger partial charge is 0.263 e. The van der Waals surface area contributed by atoms with E-state index in [4.69, 9.17) is 0 Å². The number of aromatic nitrogens is 4. The Kier molecular flexibility index (Phi) is 6.68. The highest BCUT2D eigenvalue weighted by Gasteiger charge is 2.13. The molecule has 7 nitrogen and oxygen atoms in total. The summed E-state index contributed by atoms with van der Waals surface area (Å²) >= 11 is 1.40. The molecule has 1 aromatic carbocycles. The molecule has 1 N–H and O–H groups in total. The fourth-order valence-corrected chi connectivity index (χ4v) is 3.99. The lowest BCUT2D eigenvalue weighted by atomic mass is 10.1. The van der Waals surface area contributed by atoms with E-state index in [-0.39, 0.29) is 5.91 Å². The molecule has 0 atom stereocenters. The van der Waals surface area contributed by atoms with Gasteiger partial charge in [0.05, 0.1) is 12.5 Å². The standard InChI is InChI=1S/C23H24N6OS/c1-28(16-18-5-7-19(8-6-18)20-4-2-9-24-14-20)23-27-15-21(31-23)22(30)26-10-3-12-29-13-11-25-17-29/h2,4-9,11,13-15,17H,3,10,12,16H2,1H3,(H,26,30). The minimum Gasteiger partial charge on any atom is -0.351 e. The SMILES string of the molecule is CN(Cc1ccc(-c2cccnc2)cc1)c1ncc(C(=O)NCCCn2ccnc2)s1. The Labute approximate surface area is 185 Å². The van der Waals surface area contributed by atoms with Crippen LogP contribution in [0.5, 0.6) is 0 Å². The highest BCUT2D eigenvalue weighted by Crippen LogP contribution is 2.24. The summed E-state index contributed by atoms with van der Waals surface area (Å²) in [7, 11) is 1.99. The van der Waals surface area contributed by atoms with Crippen molar-refractivity contribution in [2.24, 2.45) is 0 Å². The molecular weight excluding hydrogens is 408 g/mol. The maximum Gasteiger partial charge on any atom is 0.263 e. The molecule has 0 aliphatic heterocycles. The molecular formula is C23H24N6OS. The van der Waals surface area contributed by atoms with Crippen LogP contribution in [-0.4, -0.2) is 39.0 Å². The highest BCUT2D eigenvalue weighted by atomic mass is 32.1. The van der Waals surface area contributed by atoms with Crippen LogP contribution >= 0.6 is 11.3 Å². The molecule has 0 aliphatic carbocycles. The predicted molar refractivity (Wildman–Crippen MR) is 123 cm³/mol. The van der Waals surface area contributed by atoms with Crippen LogP contribution in [0.2, 0.25) is 0 Å². The predicted octanol–water partition coefficient (Wildman–Crippen LogP) is 3.86. The second kappa shape index (κ2) is 9.99. The van der Waals surface area contributed by atoms with Gasteiger partial charge >= 0.3 is 0 Å². The summed E-state index contributed by atoms with van der Waals surface area (Å²) < 4.78 is 2.00.